The molecule has 0 saturated carbocycles. The second-order valence-corrected chi connectivity index (χ2v) is 8.96. The average Bonchev–Trinajstić information content (AvgIpc) is 3.22. The minimum Gasteiger partial charge on any atom is -0.496 e. The number of carbonyl (C=O) groups excluding carboxylic acids is 1. The maximum Gasteiger partial charge on any atom is 0.244 e. The Morgan fingerprint density at radius 3 is 2.35 bits per heavy atom. The number of hydrogen-bond acceptors (Lipinski definition) is 3. The van der Waals surface area contributed by atoms with Gasteiger partial charge in [-0.05, 0) is 62.9 Å². The number of methoxy groups -OCH3 is 1. The number of benzene rings is 3. The molecule has 4 heteroatoms. The van der Waals surface area contributed by atoms with Crippen molar-refractivity contribution in [1.29, 1.82) is 0 Å². The van der Waals surface area contributed by atoms with Crippen molar-refractivity contribution in [2.75, 3.05) is 7.11 Å². The molecule has 0 saturated heterocycles. The summed E-state index contributed by atoms with van der Waals surface area (Å²) < 4.78 is 11.7. The lowest BCUT2D eigenvalue weighted by atomic mass is 9.94. The predicted octanol–water partition coefficient (Wildman–Crippen LogP) is 7.06. The van der Waals surface area contributed by atoms with Crippen molar-refractivity contribution in [2.45, 2.75) is 41.2 Å². The van der Waals surface area contributed by atoms with Crippen LogP contribution in [-0.4, -0.2) is 13.0 Å². The summed E-state index contributed by atoms with van der Waals surface area (Å²) in [5.41, 5.74) is 10.3. The Balaban J connectivity index is 1.70. The molecular weight excluding hydrogens is 422 g/mol. The molecule has 0 spiro atoms. The minimum absolute atomic E-state index is 0.139. The summed E-state index contributed by atoms with van der Waals surface area (Å²) in [5.74, 6) is 0.578. The third-order valence-corrected chi connectivity index (χ3v) is 6.28. The molecule has 0 bridgehead atoms. The van der Waals surface area contributed by atoms with E-state index in [0.29, 0.717) is 12.3 Å². The molecule has 3 aromatic carbocycles. The van der Waals surface area contributed by atoms with E-state index < -0.39 is 0 Å². The highest BCUT2D eigenvalue weighted by molar-refractivity contribution is 6.02. The number of nitrogens with one attached hydrogen (secondary N) is 1. The highest BCUT2D eigenvalue weighted by atomic mass is 16.5. The number of rotatable bonds is 6. The fourth-order valence-electron chi connectivity index (χ4n) is 4.42. The summed E-state index contributed by atoms with van der Waals surface area (Å²) >= 11 is 0. The number of amides is 1. The van der Waals surface area contributed by atoms with Gasteiger partial charge in [0.05, 0.1) is 13.4 Å². The highest BCUT2D eigenvalue weighted by Crippen LogP contribution is 2.41. The molecule has 34 heavy (non-hydrogen) atoms. The van der Waals surface area contributed by atoms with Crippen LogP contribution in [0.25, 0.3) is 27.7 Å². The van der Waals surface area contributed by atoms with Gasteiger partial charge < -0.3 is 14.5 Å². The van der Waals surface area contributed by atoms with Crippen molar-refractivity contribution in [2.24, 2.45) is 0 Å². The van der Waals surface area contributed by atoms with Gasteiger partial charge in [-0.3, -0.25) is 4.79 Å². The van der Waals surface area contributed by atoms with Gasteiger partial charge in [-0.15, -0.1) is 0 Å². The van der Waals surface area contributed by atoms with Crippen LogP contribution < -0.4 is 10.1 Å². The van der Waals surface area contributed by atoms with Crippen molar-refractivity contribution in [3.63, 3.8) is 0 Å². The molecule has 0 unspecified atom stereocenters. The number of fused-ring (bicyclic) bond motifs is 1. The van der Waals surface area contributed by atoms with Crippen molar-refractivity contribution in [1.82, 2.24) is 5.32 Å². The van der Waals surface area contributed by atoms with Crippen molar-refractivity contribution in [3.05, 3.63) is 94.3 Å². The Morgan fingerprint density at radius 2 is 1.68 bits per heavy atom. The molecule has 1 N–H and O–H groups in total. The van der Waals surface area contributed by atoms with Crippen LogP contribution >= 0.6 is 0 Å². The first kappa shape index (κ1) is 23.4. The SMILES string of the molecule is COc1c(/C(C)=C/C(=O)NCc2ccc(C)cc2)cc2c(-c3ccc(C)cc3C)coc2c1C. The molecule has 4 nitrogen and oxygen atoms in total. The predicted molar refractivity (Wildman–Crippen MR) is 139 cm³/mol. The van der Waals surface area contributed by atoms with Gasteiger partial charge in [0.25, 0.3) is 0 Å². The molecule has 0 aliphatic rings. The van der Waals surface area contributed by atoms with E-state index in [0.717, 1.165) is 44.4 Å². The van der Waals surface area contributed by atoms with E-state index in [9.17, 15) is 4.79 Å². The fourth-order valence-corrected chi connectivity index (χ4v) is 4.42. The molecule has 0 atom stereocenters. The molecule has 1 heterocycles. The van der Waals surface area contributed by atoms with Crippen molar-refractivity contribution >= 4 is 22.4 Å². The van der Waals surface area contributed by atoms with E-state index in [1.165, 1.54) is 16.7 Å². The van der Waals surface area contributed by atoms with Crippen molar-refractivity contribution < 1.29 is 13.9 Å². The van der Waals surface area contributed by atoms with Crippen LogP contribution in [0.1, 0.15) is 40.3 Å². The summed E-state index contributed by atoms with van der Waals surface area (Å²) in [6.45, 7) is 10.7. The zero-order valence-electron chi connectivity index (χ0n) is 20.7. The van der Waals surface area contributed by atoms with Crippen LogP contribution in [0, 0.1) is 27.7 Å². The van der Waals surface area contributed by atoms with E-state index in [-0.39, 0.29) is 5.91 Å². The lowest BCUT2D eigenvalue weighted by Gasteiger charge is -2.14. The number of ether oxygens (including phenoxy) is 1. The number of furan rings is 1. The molecule has 0 fully saturated rings. The number of hydrogen-bond donors (Lipinski definition) is 1. The van der Waals surface area contributed by atoms with Gasteiger partial charge in [-0.2, -0.15) is 0 Å². The van der Waals surface area contributed by atoms with E-state index in [2.05, 4.69) is 43.4 Å². The van der Waals surface area contributed by atoms with Crippen LogP contribution in [0.15, 0.2) is 65.3 Å². The molecule has 0 aliphatic carbocycles. The Morgan fingerprint density at radius 1 is 0.971 bits per heavy atom. The van der Waals surface area contributed by atoms with Crippen LogP contribution in [0.3, 0.4) is 0 Å². The molecule has 4 rings (SSSR count). The van der Waals surface area contributed by atoms with Crippen LogP contribution in [0.4, 0.5) is 0 Å². The van der Waals surface area contributed by atoms with Crippen LogP contribution in [0.5, 0.6) is 5.75 Å². The summed E-state index contributed by atoms with van der Waals surface area (Å²) in [4.78, 5) is 12.7. The molecule has 174 valence electrons. The zero-order valence-corrected chi connectivity index (χ0v) is 20.7. The highest BCUT2D eigenvalue weighted by Gasteiger charge is 2.19. The normalized spacial score (nSPS) is 11.6. The maximum atomic E-state index is 12.7. The lowest BCUT2D eigenvalue weighted by molar-refractivity contribution is -0.116. The van der Waals surface area contributed by atoms with Gasteiger partial charge in [0.1, 0.15) is 11.3 Å². The summed E-state index contributed by atoms with van der Waals surface area (Å²) in [6, 6.07) is 16.6. The van der Waals surface area contributed by atoms with Crippen LogP contribution in [-0.2, 0) is 11.3 Å². The topological polar surface area (TPSA) is 51.5 Å². The molecule has 0 aliphatic heterocycles. The Bertz CT molecular complexity index is 1390. The Kier molecular flexibility index (Phi) is 6.60. The van der Waals surface area contributed by atoms with Gasteiger partial charge in [-0.1, -0.05) is 53.6 Å². The average molecular weight is 454 g/mol. The van der Waals surface area contributed by atoms with E-state index >= 15 is 0 Å². The first-order valence-electron chi connectivity index (χ1n) is 11.5. The Hall–Kier alpha value is -3.79. The second kappa shape index (κ2) is 9.60. The maximum absolute atomic E-state index is 12.7. The molecule has 4 aromatic rings. The number of aryl methyl sites for hydroxylation is 4. The Labute approximate surface area is 201 Å². The third-order valence-electron chi connectivity index (χ3n) is 6.28. The second-order valence-electron chi connectivity index (χ2n) is 8.96. The third kappa shape index (κ3) is 4.62. The molecular formula is C30H31NO3. The largest absolute Gasteiger partial charge is 0.496 e. The first-order valence-corrected chi connectivity index (χ1v) is 11.5. The summed E-state index contributed by atoms with van der Waals surface area (Å²) in [7, 11) is 1.65. The van der Waals surface area contributed by atoms with Crippen LogP contribution in [0.2, 0.25) is 0 Å². The van der Waals surface area contributed by atoms with Crippen molar-refractivity contribution in [3.8, 4) is 16.9 Å². The van der Waals surface area contributed by atoms with Gasteiger partial charge in [0.2, 0.25) is 5.91 Å². The van der Waals surface area contributed by atoms with Gasteiger partial charge in [0.15, 0.2) is 0 Å². The molecule has 1 amide bonds. The van der Waals surface area contributed by atoms with E-state index in [4.69, 9.17) is 9.15 Å². The molecule has 1 aromatic heterocycles. The van der Waals surface area contributed by atoms with Gasteiger partial charge in [0, 0.05) is 34.7 Å². The monoisotopic (exact) mass is 453 g/mol. The van der Waals surface area contributed by atoms with E-state index in [1.807, 2.05) is 51.3 Å². The van der Waals surface area contributed by atoms with Gasteiger partial charge in [-0.25, -0.2) is 0 Å². The quantitative estimate of drug-likeness (QED) is 0.318. The smallest absolute Gasteiger partial charge is 0.244 e. The summed E-state index contributed by atoms with van der Waals surface area (Å²) in [6.07, 6.45) is 3.44. The van der Waals surface area contributed by atoms with Gasteiger partial charge >= 0.3 is 0 Å². The standard InChI is InChI=1S/C30H31NO3/c1-18-7-10-23(11-8-18)16-31-28(32)14-21(4)25-15-26-27(24-12-9-19(2)13-20(24)3)17-34-30(26)22(5)29(25)33-6/h7-15,17H,16H2,1-6H3,(H,31,32)/b21-14+. The summed E-state index contributed by atoms with van der Waals surface area (Å²) in [5, 5.41) is 3.99. The first-order chi connectivity index (χ1) is 16.3. The van der Waals surface area contributed by atoms with E-state index in [1.54, 1.807) is 13.2 Å². The fraction of sp³-hybridized carbons (Fsp3) is 0.233. The lowest BCUT2D eigenvalue weighted by Crippen LogP contribution is -2.20. The zero-order chi connectivity index (χ0) is 24.4. The molecule has 0 radical (unpaired) electrons. The number of carbonyl (C=O) groups is 1. The number of allylic oxidation sites excluding steroid dienone is 1. The minimum atomic E-state index is -0.139.